The van der Waals surface area contributed by atoms with Gasteiger partial charge in [0.25, 0.3) is 0 Å². The Labute approximate surface area is 105 Å². The van der Waals surface area contributed by atoms with Crippen molar-refractivity contribution < 1.29 is 19.0 Å². The summed E-state index contributed by atoms with van der Waals surface area (Å²) >= 11 is 0. The lowest BCUT2D eigenvalue weighted by molar-refractivity contribution is -0.136. The zero-order chi connectivity index (χ0) is 12.4. The molecule has 0 unspecified atom stereocenters. The van der Waals surface area contributed by atoms with Gasteiger partial charge in [-0.3, -0.25) is 4.79 Å². The van der Waals surface area contributed by atoms with Crippen molar-refractivity contribution in [1.82, 2.24) is 4.90 Å². The Bertz CT molecular complexity index is 460. The molecule has 0 spiro atoms. The highest BCUT2D eigenvalue weighted by molar-refractivity contribution is 5.76. The molecule has 5 nitrogen and oxygen atoms in total. The van der Waals surface area contributed by atoms with E-state index in [1.807, 2.05) is 12.1 Å². The molecular formula is C13H15NO4. The molecule has 0 bridgehead atoms. The van der Waals surface area contributed by atoms with Crippen LogP contribution in [-0.4, -0.2) is 30.9 Å². The van der Waals surface area contributed by atoms with Gasteiger partial charge in [0.2, 0.25) is 12.7 Å². The van der Waals surface area contributed by atoms with E-state index in [0.29, 0.717) is 24.7 Å². The Morgan fingerprint density at radius 3 is 3.00 bits per heavy atom. The number of ether oxygens (including phenoxy) is 3. The first-order chi connectivity index (χ1) is 8.83. The molecule has 2 aliphatic rings. The van der Waals surface area contributed by atoms with E-state index in [2.05, 4.69) is 0 Å². The first-order valence-corrected chi connectivity index (χ1v) is 6.13. The minimum absolute atomic E-state index is 0.169. The van der Waals surface area contributed by atoms with Crippen molar-refractivity contribution >= 4 is 5.91 Å². The lowest BCUT2D eigenvalue weighted by atomic mass is 10.1. The average molecular weight is 249 g/mol. The van der Waals surface area contributed by atoms with Gasteiger partial charge in [0, 0.05) is 19.0 Å². The number of carbonyl (C=O) groups excluding carboxylic acids is 1. The molecule has 1 aromatic carbocycles. The number of piperidine rings is 1. The number of benzene rings is 1. The number of rotatable bonds is 3. The van der Waals surface area contributed by atoms with E-state index in [9.17, 15) is 4.79 Å². The molecule has 0 N–H and O–H groups in total. The number of nitrogens with zero attached hydrogens (tertiary/aromatic N) is 1. The van der Waals surface area contributed by atoms with E-state index < -0.39 is 0 Å². The summed E-state index contributed by atoms with van der Waals surface area (Å²) in [6.07, 6.45) is 2.67. The Kier molecular flexibility index (Phi) is 2.96. The quantitative estimate of drug-likeness (QED) is 0.819. The summed E-state index contributed by atoms with van der Waals surface area (Å²) in [6.45, 7) is 1.34. The van der Waals surface area contributed by atoms with E-state index in [4.69, 9.17) is 14.2 Å². The number of fused-ring (bicyclic) bond motifs is 1. The van der Waals surface area contributed by atoms with E-state index in [1.165, 1.54) is 0 Å². The van der Waals surface area contributed by atoms with Gasteiger partial charge in [-0.05, 0) is 25.0 Å². The van der Waals surface area contributed by atoms with Gasteiger partial charge in [0.1, 0.15) is 5.75 Å². The topological polar surface area (TPSA) is 48.0 Å². The van der Waals surface area contributed by atoms with Crippen LogP contribution in [0.25, 0.3) is 0 Å². The number of amides is 1. The minimum Gasteiger partial charge on any atom is -0.473 e. The predicted molar refractivity (Wildman–Crippen MR) is 63.6 cm³/mol. The van der Waals surface area contributed by atoms with Crippen LogP contribution in [0.2, 0.25) is 0 Å². The Morgan fingerprint density at radius 2 is 2.11 bits per heavy atom. The van der Waals surface area contributed by atoms with Gasteiger partial charge in [0.05, 0.1) is 0 Å². The van der Waals surface area contributed by atoms with Crippen LogP contribution in [0, 0.1) is 0 Å². The summed E-state index contributed by atoms with van der Waals surface area (Å²) in [5.41, 5.74) is 0. The summed E-state index contributed by atoms with van der Waals surface area (Å²) in [6, 6.07) is 5.42. The van der Waals surface area contributed by atoms with Gasteiger partial charge in [0.15, 0.2) is 18.2 Å². The van der Waals surface area contributed by atoms with E-state index in [-0.39, 0.29) is 12.7 Å². The SMILES string of the molecule is O=C1CCCCN1COc1ccc2c(c1)OCO2. The predicted octanol–water partition coefficient (Wildman–Crippen LogP) is 1.76. The molecule has 18 heavy (non-hydrogen) atoms. The van der Waals surface area contributed by atoms with Gasteiger partial charge < -0.3 is 19.1 Å². The summed E-state index contributed by atoms with van der Waals surface area (Å²) in [5.74, 6) is 2.29. The van der Waals surface area contributed by atoms with Crippen molar-refractivity contribution in [3.05, 3.63) is 18.2 Å². The molecule has 1 amide bonds. The van der Waals surface area contributed by atoms with Crippen molar-refractivity contribution in [2.75, 3.05) is 20.1 Å². The third-order valence-electron chi connectivity index (χ3n) is 3.15. The number of hydrogen-bond donors (Lipinski definition) is 0. The van der Waals surface area contributed by atoms with Crippen molar-refractivity contribution in [3.63, 3.8) is 0 Å². The van der Waals surface area contributed by atoms with Crippen LogP contribution in [0.15, 0.2) is 18.2 Å². The molecule has 3 rings (SSSR count). The zero-order valence-electron chi connectivity index (χ0n) is 10.1. The standard InChI is InChI=1S/C13H15NO4/c15-13-3-1-2-6-14(13)8-16-10-4-5-11-12(7-10)18-9-17-11/h4-5,7H,1-3,6,8-9H2. The highest BCUT2D eigenvalue weighted by atomic mass is 16.7. The normalized spacial score (nSPS) is 18.0. The lowest BCUT2D eigenvalue weighted by Gasteiger charge is -2.26. The first kappa shape index (κ1) is 11.2. The Balaban J connectivity index is 1.61. The molecule has 1 fully saturated rings. The van der Waals surface area contributed by atoms with Gasteiger partial charge in [-0.1, -0.05) is 0 Å². The Hall–Kier alpha value is -1.91. The fraction of sp³-hybridized carbons (Fsp3) is 0.462. The second-order valence-corrected chi connectivity index (χ2v) is 4.40. The Morgan fingerprint density at radius 1 is 1.22 bits per heavy atom. The molecule has 0 aromatic heterocycles. The van der Waals surface area contributed by atoms with Gasteiger partial charge in [-0.2, -0.15) is 0 Å². The van der Waals surface area contributed by atoms with Crippen molar-refractivity contribution in [2.45, 2.75) is 19.3 Å². The zero-order valence-corrected chi connectivity index (χ0v) is 10.1. The van der Waals surface area contributed by atoms with Crippen LogP contribution in [-0.2, 0) is 4.79 Å². The molecular weight excluding hydrogens is 234 g/mol. The van der Waals surface area contributed by atoms with Crippen molar-refractivity contribution in [1.29, 1.82) is 0 Å². The average Bonchev–Trinajstić information content (AvgIpc) is 2.85. The van der Waals surface area contributed by atoms with Crippen LogP contribution in [0.4, 0.5) is 0 Å². The van der Waals surface area contributed by atoms with E-state index >= 15 is 0 Å². The molecule has 1 saturated heterocycles. The lowest BCUT2D eigenvalue weighted by Crippen LogP contribution is -2.38. The molecule has 0 radical (unpaired) electrons. The molecule has 1 aromatic rings. The second kappa shape index (κ2) is 4.76. The smallest absolute Gasteiger partial charge is 0.231 e. The summed E-state index contributed by atoms with van der Waals surface area (Å²) in [5, 5.41) is 0. The maximum absolute atomic E-state index is 11.6. The maximum atomic E-state index is 11.6. The molecule has 0 atom stereocenters. The molecule has 96 valence electrons. The monoisotopic (exact) mass is 249 g/mol. The fourth-order valence-corrected chi connectivity index (χ4v) is 2.12. The van der Waals surface area contributed by atoms with Gasteiger partial charge in [-0.15, -0.1) is 0 Å². The van der Waals surface area contributed by atoms with Gasteiger partial charge in [-0.25, -0.2) is 0 Å². The largest absolute Gasteiger partial charge is 0.473 e. The summed E-state index contributed by atoms with van der Waals surface area (Å²) < 4.78 is 16.1. The molecule has 2 aliphatic heterocycles. The third-order valence-corrected chi connectivity index (χ3v) is 3.15. The maximum Gasteiger partial charge on any atom is 0.231 e. The van der Waals surface area contributed by atoms with E-state index in [1.54, 1.807) is 11.0 Å². The first-order valence-electron chi connectivity index (χ1n) is 6.13. The molecule has 5 heteroatoms. The van der Waals surface area contributed by atoms with Crippen LogP contribution < -0.4 is 14.2 Å². The van der Waals surface area contributed by atoms with Crippen LogP contribution in [0.1, 0.15) is 19.3 Å². The number of likely N-dealkylation sites (tertiary alicyclic amines) is 1. The molecule has 0 saturated carbocycles. The van der Waals surface area contributed by atoms with E-state index in [0.717, 1.165) is 25.1 Å². The van der Waals surface area contributed by atoms with Crippen LogP contribution in [0.5, 0.6) is 17.2 Å². The fourth-order valence-electron chi connectivity index (χ4n) is 2.12. The van der Waals surface area contributed by atoms with Crippen LogP contribution in [0.3, 0.4) is 0 Å². The van der Waals surface area contributed by atoms with Crippen LogP contribution >= 0.6 is 0 Å². The number of carbonyl (C=O) groups is 1. The van der Waals surface area contributed by atoms with Gasteiger partial charge >= 0.3 is 0 Å². The molecule has 0 aliphatic carbocycles. The summed E-state index contributed by atoms with van der Waals surface area (Å²) in [7, 11) is 0. The minimum atomic E-state index is 0.169. The third kappa shape index (κ3) is 2.20. The van der Waals surface area contributed by atoms with Crippen molar-refractivity contribution in [2.24, 2.45) is 0 Å². The second-order valence-electron chi connectivity index (χ2n) is 4.40. The highest BCUT2D eigenvalue weighted by Gasteiger charge is 2.19. The van der Waals surface area contributed by atoms with Crippen molar-refractivity contribution in [3.8, 4) is 17.2 Å². The highest BCUT2D eigenvalue weighted by Crippen LogP contribution is 2.35. The number of hydrogen-bond acceptors (Lipinski definition) is 4. The summed E-state index contributed by atoms with van der Waals surface area (Å²) in [4.78, 5) is 13.3. The molecule has 2 heterocycles.